The van der Waals surface area contributed by atoms with E-state index in [0.29, 0.717) is 32.0 Å². The van der Waals surface area contributed by atoms with Gasteiger partial charge < -0.3 is 24.3 Å². The van der Waals surface area contributed by atoms with Crippen molar-refractivity contribution in [2.24, 2.45) is 23.7 Å². The van der Waals surface area contributed by atoms with Gasteiger partial charge in [-0.3, -0.25) is 4.79 Å². The number of benzene rings is 1. The average Bonchev–Trinajstić information content (AvgIpc) is 3.15. The van der Waals surface area contributed by atoms with Crippen molar-refractivity contribution in [3.8, 4) is 5.75 Å². The number of amides is 1. The molecule has 1 N–H and O–H groups in total. The summed E-state index contributed by atoms with van der Waals surface area (Å²) in [7, 11) is 1.66. The van der Waals surface area contributed by atoms with Gasteiger partial charge in [-0.2, -0.15) is 0 Å². The molecule has 0 radical (unpaired) electrons. The summed E-state index contributed by atoms with van der Waals surface area (Å²) in [6.07, 6.45) is 1.24. The Morgan fingerprint density at radius 2 is 1.86 bits per heavy atom. The van der Waals surface area contributed by atoms with Gasteiger partial charge in [0.15, 0.2) is 0 Å². The third-order valence-electron chi connectivity index (χ3n) is 6.81. The molecule has 1 saturated heterocycles. The number of nitrogens with one attached hydrogen (secondary N) is 1. The van der Waals surface area contributed by atoms with Crippen LogP contribution in [0.5, 0.6) is 5.75 Å². The first-order valence-corrected chi connectivity index (χ1v) is 13.2. The minimum atomic E-state index is -0.611. The van der Waals surface area contributed by atoms with Crippen molar-refractivity contribution in [2.75, 3.05) is 20.3 Å². The van der Waals surface area contributed by atoms with Gasteiger partial charge in [-0.15, -0.1) is 0 Å². The maximum absolute atomic E-state index is 12.7. The number of hydrogen-bond donors (Lipinski definition) is 1. The first-order chi connectivity index (χ1) is 16.8. The molecule has 0 saturated carbocycles. The summed E-state index contributed by atoms with van der Waals surface area (Å²) in [4.78, 5) is 25.3. The first kappa shape index (κ1) is 29.9. The lowest BCUT2D eigenvalue weighted by molar-refractivity contribution is -0.146. The summed E-state index contributed by atoms with van der Waals surface area (Å²) >= 11 is 0. The SMILES string of the molecule is COCCOc1cc(C[C@@H](C[C@H](NC(=O)OC(C)(C)C)C2C[C@@H](C(C)C)C(=O)O2)C(C)C)ccc1C. The van der Waals surface area contributed by atoms with Crippen LogP contribution in [0.3, 0.4) is 0 Å². The fourth-order valence-electron chi connectivity index (χ4n) is 4.57. The number of cyclic esters (lactones) is 1. The van der Waals surface area contributed by atoms with Crippen molar-refractivity contribution in [3.63, 3.8) is 0 Å². The highest BCUT2D eigenvalue weighted by atomic mass is 16.6. The Morgan fingerprint density at radius 3 is 2.42 bits per heavy atom. The lowest BCUT2D eigenvalue weighted by Gasteiger charge is -2.31. The second-order valence-corrected chi connectivity index (χ2v) is 11.7. The molecule has 0 spiro atoms. The molecular formula is C29H47NO6. The van der Waals surface area contributed by atoms with Crippen LogP contribution in [0, 0.1) is 30.6 Å². The van der Waals surface area contributed by atoms with Crippen LogP contribution in [-0.4, -0.2) is 50.1 Å². The second kappa shape index (κ2) is 13.3. The van der Waals surface area contributed by atoms with Crippen molar-refractivity contribution in [1.82, 2.24) is 5.32 Å². The molecule has 2 rings (SSSR count). The molecule has 1 unspecified atom stereocenters. The highest BCUT2D eigenvalue weighted by molar-refractivity contribution is 5.75. The molecule has 36 heavy (non-hydrogen) atoms. The summed E-state index contributed by atoms with van der Waals surface area (Å²) in [6, 6.07) is 5.98. The number of carbonyl (C=O) groups excluding carboxylic acids is 2. The Kier molecular flexibility index (Phi) is 11.1. The number of esters is 1. The smallest absolute Gasteiger partial charge is 0.408 e. The van der Waals surface area contributed by atoms with Crippen LogP contribution in [0.25, 0.3) is 0 Å². The number of methoxy groups -OCH3 is 1. The third kappa shape index (κ3) is 9.30. The molecule has 1 amide bonds. The Balaban J connectivity index is 2.22. The van der Waals surface area contributed by atoms with Gasteiger partial charge in [-0.05, 0) is 81.9 Å². The van der Waals surface area contributed by atoms with E-state index in [4.69, 9.17) is 18.9 Å². The molecule has 1 aromatic rings. The molecular weight excluding hydrogens is 458 g/mol. The molecule has 0 bridgehead atoms. The van der Waals surface area contributed by atoms with Crippen LogP contribution in [0.15, 0.2) is 18.2 Å². The molecule has 4 atom stereocenters. The minimum absolute atomic E-state index is 0.153. The predicted octanol–water partition coefficient (Wildman–Crippen LogP) is 5.71. The Hall–Kier alpha value is -2.28. The highest BCUT2D eigenvalue weighted by Crippen LogP contribution is 2.33. The number of ether oxygens (including phenoxy) is 4. The van der Waals surface area contributed by atoms with E-state index < -0.39 is 11.7 Å². The molecule has 1 aliphatic heterocycles. The fourth-order valence-corrected chi connectivity index (χ4v) is 4.57. The summed E-state index contributed by atoms with van der Waals surface area (Å²) in [6.45, 7) is 17.0. The lowest BCUT2D eigenvalue weighted by Crippen LogP contribution is -2.47. The summed E-state index contributed by atoms with van der Waals surface area (Å²) in [5.41, 5.74) is 1.64. The van der Waals surface area contributed by atoms with Gasteiger partial charge in [0.2, 0.25) is 0 Å². The van der Waals surface area contributed by atoms with Crippen molar-refractivity contribution in [3.05, 3.63) is 29.3 Å². The van der Waals surface area contributed by atoms with Crippen LogP contribution in [0.1, 0.15) is 72.4 Å². The normalized spacial score (nSPS) is 19.8. The Bertz CT molecular complexity index is 860. The van der Waals surface area contributed by atoms with E-state index in [1.54, 1.807) is 7.11 Å². The minimum Gasteiger partial charge on any atom is -0.491 e. The summed E-state index contributed by atoms with van der Waals surface area (Å²) in [5, 5.41) is 3.04. The second-order valence-electron chi connectivity index (χ2n) is 11.7. The summed E-state index contributed by atoms with van der Waals surface area (Å²) in [5.74, 6) is 1.32. The third-order valence-corrected chi connectivity index (χ3v) is 6.81. The van der Waals surface area contributed by atoms with E-state index in [2.05, 4.69) is 37.4 Å². The van der Waals surface area contributed by atoms with Gasteiger partial charge in [0.05, 0.1) is 18.6 Å². The Morgan fingerprint density at radius 1 is 1.17 bits per heavy atom. The van der Waals surface area contributed by atoms with Crippen molar-refractivity contribution in [2.45, 2.75) is 92.4 Å². The molecule has 204 valence electrons. The molecule has 0 aromatic heterocycles. The van der Waals surface area contributed by atoms with Crippen molar-refractivity contribution < 1.29 is 28.5 Å². The number of aryl methyl sites for hydroxylation is 1. The topological polar surface area (TPSA) is 83.1 Å². The van der Waals surface area contributed by atoms with Gasteiger partial charge in [0.1, 0.15) is 24.1 Å². The lowest BCUT2D eigenvalue weighted by atomic mass is 9.81. The molecule has 1 aliphatic rings. The Labute approximate surface area is 217 Å². The van der Waals surface area contributed by atoms with Crippen molar-refractivity contribution in [1.29, 1.82) is 0 Å². The van der Waals surface area contributed by atoms with Crippen LogP contribution in [0.4, 0.5) is 4.79 Å². The largest absolute Gasteiger partial charge is 0.491 e. The fraction of sp³-hybridized carbons (Fsp3) is 0.724. The van der Waals surface area contributed by atoms with Gasteiger partial charge in [0, 0.05) is 7.11 Å². The highest BCUT2D eigenvalue weighted by Gasteiger charge is 2.42. The van der Waals surface area contributed by atoms with Crippen LogP contribution in [-0.2, 0) is 25.4 Å². The number of hydrogen-bond acceptors (Lipinski definition) is 6. The van der Waals surface area contributed by atoms with Gasteiger partial charge >= 0.3 is 12.1 Å². The zero-order chi connectivity index (χ0) is 27.0. The van der Waals surface area contributed by atoms with Gasteiger partial charge in [-0.25, -0.2) is 4.79 Å². The molecule has 1 aromatic carbocycles. The summed E-state index contributed by atoms with van der Waals surface area (Å²) < 4.78 is 22.4. The number of alkyl carbamates (subject to hydrolysis) is 1. The van der Waals surface area contributed by atoms with E-state index >= 15 is 0 Å². The van der Waals surface area contributed by atoms with E-state index in [1.165, 1.54) is 5.56 Å². The van der Waals surface area contributed by atoms with Crippen LogP contribution in [0.2, 0.25) is 0 Å². The van der Waals surface area contributed by atoms with Crippen LogP contribution >= 0.6 is 0 Å². The molecule has 1 fully saturated rings. The first-order valence-electron chi connectivity index (χ1n) is 13.2. The van der Waals surface area contributed by atoms with E-state index in [0.717, 1.165) is 17.7 Å². The van der Waals surface area contributed by atoms with Gasteiger partial charge in [-0.1, -0.05) is 39.8 Å². The van der Waals surface area contributed by atoms with Crippen LogP contribution < -0.4 is 10.1 Å². The average molecular weight is 506 g/mol. The molecule has 1 heterocycles. The maximum Gasteiger partial charge on any atom is 0.408 e. The monoisotopic (exact) mass is 505 g/mol. The maximum atomic E-state index is 12.7. The van der Waals surface area contributed by atoms with Crippen molar-refractivity contribution >= 4 is 12.1 Å². The molecule has 0 aliphatic carbocycles. The van der Waals surface area contributed by atoms with E-state index in [9.17, 15) is 9.59 Å². The van der Waals surface area contributed by atoms with Gasteiger partial charge in [0.25, 0.3) is 0 Å². The molecule has 7 heteroatoms. The zero-order valence-electron chi connectivity index (χ0n) is 23.7. The zero-order valence-corrected chi connectivity index (χ0v) is 23.7. The van der Waals surface area contributed by atoms with E-state index in [-0.39, 0.29) is 35.9 Å². The molecule has 7 nitrogen and oxygen atoms in total. The quantitative estimate of drug-likeness (QED) is 0.290. The number of rotatable bonds is 12. The standard InChI is InChI=1S/C29H47NO6/c1-18(2)22(14-21-11-10-20(5)25(15-21)34-13-12-33-9)16-24(30-28(32)36-29(6,7)8)26-17-23(19(3)4)27(31)35-26/h10-11,15,18-19,22-24,26H,12-14,16-17H2,1-9H3,(H,30,32)/t22-,23-,24-,26?/m0/s1. The van der Waals surface area contributed by atoms with E-state index in [1.807, 2.05) is 41.5 Å². The predicted molar refractivity (Wildman–Crippen MR) is 141 cm³/mol. The number of carbonyl (C=O) groups is 2.